The van der Waals surface area contributed by atoms with Crippen LogP contribution in [0.4, 0.5) is 8.78 Å². The zero-order chi connectivity index (χ0) is 13.1. The quantitative estimate of drug-likeness (QED) is 0.807. The summed E-state index contributed by atoms with van der Waals surface area (Å²) in [6.07, 6.45) is 0. The second-order valence-corrected chi connectivity index (χ2v) is 3.92. The molecule has 0 saturated carbocycles. The number of halogens is 3. The molecule has 0 unspecified atom stereocenters. The van der Waals surface area contributed by atoms with Gasteiger partial charge in [0.2, 0.25) is 0 Å². The number of carbonyl (C=O) groups is 1. The number of ether oxygens (including phenoxy) is 1. The van der Waals surface area contributed by atoms with Gasteiger partial charge in [0.15, 0.2) is 0 Å². The summed E-state index contributed by atoms with van der Waals surface area (Å²) in [5, 5.41) is 8.81. The molecule has 0 aromatic heterocycles. The third-order valence-electron chi connectivity index (χ3n) is 2.00. The van der Waals surface area contributed by atoms with Crippen LogP contribution in [0.5, 0.6) is 0 Å². The van der Waals surface area contributed by atoms with Gasteiger partial charge in [-0.2, -0.15) is 14.0 Å². The van der Waals surface area contributed by atoms with E-state index >= 15 is 0 Å². The standard InChI is InChI=1S/C11H8BrF2NO2/c1-2-17-10(16)11(13,14)8-4-3-5-9(12)7(8)6-15/h3-5H,2H2,1H3. The highest BCUT2D eigenvalue weighted by molar-refractivity contribution is 9.10. The molecule has 0 spiro atoms. The summed E-state index contributed by atoms with van der Waals surface area (Å²) in [5.41, 5.74) is -0.932. The molecule has 0 bridgehead atoms. The number of hydrogen-bond donors (Lipinski definition) is 0. The van der Waals surface area contributed by atoms with Gasteiger partial charge in [0.25, 0.3) is 0 Å². The van der Waals surface area contributed by atoms with Crippen molar-refractivity contribution < 1.29 is 18.3 Å². The molecule has 0 N–H and O–H groups in total. The SMILES string of the molecule is CCOC(=O)C(F)(F)c1cccc(Br)c1C#N. The maximum Gasteiger partial charge on any atom is 0.382 e. The van der Waals surface area contributed by atoms with E-state index in [0.717, 1.165) is 6.07 Å². The molecule has 1 aromatic carbocycles. The van der Waals surface area contributed by atoms with Crippen LogP contribution < -0.4 is 0 Å². The third-order valence-corrected chi connectivity index (χ3v) is 2.66. The van der Waals surface area contributed by atoms with Crippen LogP contribution in [0.2, 0.25) is 0 Å². The smallest absolute Gasteiger partial charge is 0.382 e. The molecule has 0 amide bonds. The van der Waals surface area contributed by atoms with E-state index in [-0.39, 0.29) is 16.6 Å². The van der Waals surface area contributed by atoms with Gasteiger partial charge in [-0.15, -0.1) is 0 Å². The Morgan fingerprint density at radius 3 is 2.76 bits per heavy atom. The number of nitrogens with zero attached hydrogens (tertiary/aromatic N) is 1. The predicted molar refractivity (Wildman–Crippen MR) is 59.4 cm³/mol. The zero-order valence-corrected chi connectivity index (χ0v) is 10.4. The van der Waals surface area contributed by atoms with Crippen LogP contribution in [-0.2, 0) is 15.5 Å². The maximum absolute atomic E-state index is 13.7. The molecule has 90 valence electrons. The molecule has 1 rings (SSSR count). The molecule has 0 atom stereocenters. The van der Waals surface area contributed by atoms with Crippen molar-refractivity contribution in [3.8, 4) is 6.07 Å². The van der Waals surface area contributed by atoms with E-state index in [4.69, 9.17) is 5.26 Å². The fourth-order valence-corrected chi connectivity index (χ4v) is 1.69. The summed E-state index contributed by atoms with van der Waals surface area (Å²) in [6.45, 7) is 1.28. The Bertz CT molecular complexity index is 483. The summed E-state index contributed by atoms with van der Waals surface area (Å²) < 4.78 is 31.9. The molecular formula is C11H8BrF2NO2. The monoisotopic (exact) mass is 303 g/mol. The van der Waals surface area contributed by atoms with E-state index in [0.29, 0.717) is 0 Å². The third kappa shape index (κ3) is 2.61. The largest absolute Gasteiger partial charge is 0.461 e. The number of hydrogen-bond acceptors (Lipinski definition) is 3. The molecule has 0 fully saturated rings. The molecule has 0 aliphatic heterocycles. The minimum Gasteiger partial charge on any atom is -0.461 e. The van der Waals surface area contributed by atoms with Crippen molar-refractivity contribution in [1.82, 2.24) is 0 Å². The molecule has 0 aliphatic carbocycles. The Hall–Kier alpha value is -1.48. The average Bonchev–Trinajstić information content (AvgIpc) is 2.29. The lowest BCUT2D eigenvalue weighted by molar-refractivity contribution is -0.173. The Morgan fingerprint density at radius 1 is 1.59 bits per heavy atom. The van der Waals surface area contributed by atoms with Crippen LogP contribution >= 0.6 is 15.9 Å². The lowest BCUT2D eigenvalue weighted by atomic mass is 10.0. The van der Waals surface area contributed by atoms with Crippen LogP contribution in [0.25, 0.3) is 0 Å². The Balaban J connectivity index is 3.29. The Labute approximate surface area is 105 Å². The van der Waals surface area contributed by atoms with Gasteiger partial charge in [-0.05, 0) is 28.9 Å². The highest BCUT2D eigenvalue weighted by Crippen LogP contribution is 2.34. The van der Waals surface area contributed by atoms with Gasteiger partial charge in [0.1, 0.15) is 6.07 Å². The van der Waals surface area contributed by atoms with E-state index in [1.807, 2.05) is 0 Å². The first kappa shape index (κ1) is 13.6. The maximum atomic E-state index is 13.7. The van der Waals surface area contributed by atoms with Crippen LogP contribution in [0.1, 0.15) is 18.1 Å². The molecule has 0 radical (unpaired) electrons. The molecule has 0 saturated heterocycles. The molecular weight excluding hydrogens is 296 g/mol. The first-order valence-corrected chi connectivity index (χ1v) is 5.48. The normalized spacial score (nSPS) is 10.8. The van der Waals surface area contributed by atoms with Gasteiger partial charge in [0, 0.05) is 4.47 Å². The first-order valence-electron chi connectivity index (χ1n) is 4.69. The zero-order valence-electron chi connectivity index (χ0n) is 8.84. The first-order chi connectivity index (χ1) is 7.95. The fourth-order valence-electron chi connectivity index (χ4n) is 1.23. The van der Waals surface area contributed by atoms with Crippen LogP contribution in [-0.4, -0.2) is 12.6 Å². The summed E-state index contributed by atoms with van der Waals surface area (Å²) in [4.78, 5) is 11.1. The van der Waals surface area contributed by atoms with Crippen LogP contribution in [0, 0.1) is 11.3 Å². The van der Waals surface area contributed by atoms with E-state index in [2.05, 4.69) is 20.7 Å². The fraction of sp³-hybridized carbons (Fsp3) is 0.273. The van der Waals surface area contributed by atoms with E-state index in [1.54, 1.807) is 6.07 Å². The molecule has 0 heterocycles. The van der Waals surface area contributed by atoms with Gasteiger partial charge in [-0.1, -0.05) is 12.1 Å². The average molecular weight is 304 g/mol. The molecule has 6 heteroatoms. The topological polar surface area (TPSA) is 50.1 Å². The lowest BCUT2D eigenvalue weighted by Gasteiger charge is -2.16. The second kappa shape index (κ2) is 5.23. The highest BCUT2D eigenvalue weighted by Gasteiger charge is 2.44. The summed E-state index contributed by atoms with van der Waals surface area (Å²) in [7, 11) is 0. The van der Waals surface area contributed by atoms with Crippen LogP contribution in [0.3, 0.4) is 0 Å². The number of esters is 1. The number of nitriles is 1. The Morgan fingerprint density at radius 2 is 2.24 bits per heavy atom. The molecule has 17 heavy (non-hydrogen) atoms. The van der Waals surface area contributed by atoms with Gasteiger partial charge in [-0.25, -0.2) is 4.79 Å². The molecule has 1 aromatic rings. The Kier molecular flexibility index (Phi) is 4.18. The minimum absolute atomic E-state index is 0.148. The summed E-state index contributed by atoms with van der Waals surface area (Å²) in [6, 6.07) is 5.43. The number of alkyl halides is 2. The minimum atomic E-state index is -3.83. The van der Waals surface area contributed by atoms with Crippen molar-refractivity contribution in [2.75, 3.05) is 6.61 Å². The van der Waals surface area contributed by atoms with E-state index < -0.39 is 17.5 Å². The van der Waals surface area contributed by atoms with Gasteiger partial charge < -0.3 is 4.74 Å². The van der Waals surface area contributed by atoms with Gasteiger partial charge in [-0.3, -0.25) is 0 Å². The molecule has 0 aliphatic rings. The van der Waals surface area contributed by atoms with Crippen molar-refractivity contribution in [3.05, 3.63) is 33.8 Å². The highest BCUT2D eigenvalue weighted by atomic mass is 79.9. The second-order valence-electron chi connectivity index (χ2n) is 3.07. The summed E-state index contributed by atoms with van der Waals surface area (Å²) >= 11 is 2.98. The van der Waals surface area contributed by atoms with Crippen molar-refractivity contribution in [3.63, 3.8) is 0 Å². The van der Waals surface area contributed by atoms with E-state index in [1.165, 1.54) is 19.1 Å². The van der Waals surface area contributed by atoms with Gasteiger partial charge >= 0.3 is 11.9 Å². The van der Waals surface area contributed by atoms with E-state index in [9.17, 15) is 13.6 Å². The van der Waals surface area contributed by atoms with Crippen molar-refractivity contribution >= 4 is 21.9 Å². The number of benzene rings is 1. The lowest BCUT2D eigenvalue weighted by Crippen LogP contribution is -2.29. The molecule has 3 nitrogen and oxygen atoms in total. The number of rotatable bonds is 3. The summed E-state index contributed by atoms with van der Waals surface area (Å²) in [5.74, 6) is -5.49. The van der Waals surface area contributed by atoms with Gasteiger partial charge in [0.05, 0.1) is 17.7 Å². The number of carbonyl (C=O) groups excluding carboxylic acids is 1. The van der Waals surface area contributed by atoms with Crippen LogP contribution in [0.15, 0.2) is 22.7 Å². The van der Waals surface area contributed by atoms with Crippen molar-refractivity contribution in [2.24, 2.45) is 0 Å². The van der Waals surface area contributed by atoms with Crippen molar-refractivity contribution in [2.45, 2.75) is 12.8 Å². The predicted octanol–water partition coefficient (Wildman–Crippen LogP) is 2.98. The van der Waals surface area contributed by atoms with Crippen molar-refractivity contribution in [1.29, 1.82) is 5.26 Å².